The van der Waals surface area contributed by atoms with Crippen LogP contribution < -0.4 is 0 Å². The van der Waals surface area contributed by atoms with Crippen LogP contribution in [0.5, 0.6) is 11.5 Å². The first-order chi connectivity index (χ1) is 11.3. The second kappa shape index (κ2) is 6.60. The maximum Gasteiger partial charge on any atom is 0.117 e. The van der Waals surface area contributed by atoms with Crippen molar-refractivity contribution in [2.45, 2.75) is 76.0 Å². The molecule has 0 aliphatic rings. The van der Waals surface area contributed by atoms with Gasteiger partial charge in [-0.1, -0.05) is 53.3 Å². The number of hydrogen-bond acceptors (Lipinski definition) is 3. The van der Waals surface area contributed by atoms with E-state index in [4.69, 9.17) is 0 Å². The van der Waals surface area contributed by atoms with Crippen LogP contribution in [0, 0.1) is 13.8 Å². The number of aromatic hydroxyl groups is 2. The van der Waals surface area contributed by atoms with Crippen molar-refractivity contribution < 1.29 is 10.2 Å². The molecule has 0 heterocycles. The molecule has 136 valence electrons. The molecule has 0 aliphatic carbocycles. The summed E-state index contributed by atoms with van der Waals surface area (Å²) in [6.07, 6.45) is 0. The van der Waals surface area contributed by atoms with Crippen LogP contribution >= 0.6 is 11.8 Å². The Bertz CT molecular complexity index is 726. The Morgan fingerprint density at radius 3 is 1.24 bits per heavy atom. The predicted octanol–water partition coefficient (Wildman–Crippen LogP) is 6.46. The molecule has 2 nitrogen and oxygen atoms in total. The summed E-state index contributed by atoms with van der Waals surface area (Å²) >= 11 is 1.61. The van der Waals surface area contributed by atoms with E-state index in [1.807, 2.05) is 24.3 Å². The lowest BCUT2D eigenvalue weighted by Gasteiger charge is -2.25. The number of phenols is 2. The van der Waals surface area contributed by atoms with E-state index in [1.165, 1.54) is 11.1 Å². The second-order valence-electron chi connectivity index (χ2n) is 8.83. The van der Waals surface area contributed by atoms with Gasteiger partial charge in [0.2, 0.25) is 0 Å². The summed E-state index contributed by atoms with van der Waals surface area (Å²) in [5.41, 5.74) is 4.56. The summed E-state index contributed by atoms with van der Waals surface area (Å²) < 4.78 is 0. The highest BCUT2D eigenvalue weighted by Crippen LogP contribution is 2.42. The molecule has 0 aromatic heterocycles. The Balaban J connectivity index is 2.58. The predicted molar refractivity (Wildman–Crippen MR) is 107 cm³/mol. The third-order valence-corrected chi connectivity index (χ3v) is 5.81. The first-order valence-electron chi connectivity index (χ1n) is 8.66. The zero-order valence-electron chi connectivity index (χ0n) is 16.6. The van der Waals surface area contributed by atoms with Gasteiger partial charge in [0.05, 0.1) is 0 Å². The van der Waals surface area contributed by atoms with E-state index < -0.39 is 0 Å². The summed E-state index contributed by atoms with van der Waals surface area (Å²) in [6.45, 7) is 17.1. The molecule has 0 amide bonds. The van der Waals surface area contributed by atoms with Crippen LogP contribution in [-0.2, 0) is 10.8 Å². The lowest BCUT2D eigenvalue weighted by Crippen LogP contribution is -2.14. The van der Waals surface area contributed by atoms with E-state index in [-0.39, 0.29) is 22.3 Å². The van der Waals surface area contributed by atoms with Gasteiger partial charge in [0.1, 0.15) is 11.5 Å². The fourth-order valence-corrected chi connectivity index (χ4v) is 4.36. The summed E-state index contributed by atoms with van der Waals surface area (Å²) in [6, 6.07) is 7.34. The Labute approximate surface area is 156 Å². The topological polar surface area (TPSA) is 40.5 Å². The van der Waals surface area contributed by atoms with Gasteiger partial charge < -0.3 is 10.2 Å². The van der Waals surface area contributed by atoms with Crippen molar-refractivity contribution in [3.05, 3.63) is 46.5 Å². The van der Waals surface area contributed by atoms with Crippen molar-refractivity contribution in [1.82, 2.24) is 0 Å². The van der Waals surface area contributed by atoms with Gasteiger partial charge in [-0.15, -0.1) is 0 Å². The molecule has 3 heteroatoms. The average molecular weight is 359 g/mol. The molecule has 0 aliphatic heterocycles. The normalized spacial score (nSPS) is 12.5. The minimum Gasteiger partial charge on any atom is -0.508 e. The number of benzene rings is 2. The number of rotatable bonds is 2. The quantitative estimate of drug-likeness (QED) is 0.647. The van der Waals surface area contributed by atoms with Crippen molar-refractivity contribution >= 4 is 11.8 Å². The maximum absolute atomic E-state index is 10.2. The monoisotopic (exact) mass is 358 g/mol. The van der Waals surface area contributed by atoms with Gasteiger partial charge >= 0.3 is 0 Å². The summed E-state index contributed by atoms with van der Waals surface area (Å²) in [4.78, 5) is 2.05. The van der Waals surface area contributed by atoms with Crippen LogP contribution in [0.2, 0.25) is 0 Å². The lowest BCUT2D eigenvalue weighted by molar-refractivity contribution is 0.468. The largest absolute Gasteiger partial charge is 0.508 e. The van der Waals surface area contributed by atoms with E-state index in [0.717, 1.165) is 20.9 Å². The van der Waals surface area contributed by atoms with Gasteiger partial charge in [0, 0.05) is 9.79 Å². The third-order valence-electron chi connectivity index (χ3n) is 4.53. The Kier molecular flexibility index (Phi) is 5.21. The van der Waals surface area contributed by atoms with Crippen LogP contribution in [0.1, 0.15) is 63.8 Å². The van der Waals surface area contributed by atoms with Gasteiger partial charge in [-0.3, -0.25) is 0 Å². The zero-order chi connectivity index (χ0) is 19.2. The minimum absolute atomic E-state index is 0.0391. The molecule has 0 saturated carbocycles. The molecule has 2 rings (SSSR count). The van der Waals surface area contributed by atoms with Crippen molar-refractivity contribution in [2.24, 2.45) is 0 Å². The number of phenolic OH excluding ortho intramolecular Hbond substituents is 2. The van der Waals surface area contributed by atoms with Crippen molar-refractivity contribution in [3.8, 4) is 11.5 Å². The highest BCUT2D eigenvalue weighted by atomic mass is 32.2. The Hall–Kier alpha value is -1.61. The molecule has 2 aromatic rings. The van der Waals surface area contributed by atoms with E-state index >= 15 is 0 Å². The minimum atomic E-state index is -0.0391. The molecule has 0 bridgehead atoms. The van der Waals surface area contributed by atoms with Crippen molar-refractivity contribution in [3.63, 3.8) is 0 Å². The van der Waals surface area contributed by atoms with E-state index in [9.17, 15) is 10.2 Å². The van der Waals surface area contributed by atoms with Gasteiger partial charge in [0.15, 0.2) is 0 Å². The first-order valence-corrected chi connectivity index (χ1v) is 9.48. The molecule has 0 spiro atoms. The zero-order valence-corrected chi connectivity index (χ0v) is 17.4. The molecule has 0 radical (unpaired) electrons. The van der Waals surface area contributed by atoms with E-state index in [2.05, 4.69) is 55.4 Å². The first kappa shape index (κ1) is 19.7. The fraction of sp³-hybridized carbons (Fsp3) is 0.455. The molecule has 0 unspecified atom stereocenters. The molecule has 0 fully saturated rings. The third kappa shape index (κ3) is 4.33. The SMILES string of the molecule is Cc1c(Sc2cc(O)cc(C(C)(C)C)c2C)cc(O)cc1C(C)(C)C. The van der Waals surface area contributed by atoms with Crippen LogP contribution in [0.25, 0.3) is 0 Å². The molecule has 2 aromatic carbocycles. The summed E-state index contributed by atoms with van der Waals surface area (Å²) in [5, 5.41) is 20.4. The van der Waals surface area contributed by atoms with Crippen molar-refractivity contribution in [2.75, 3.05) is 0 Å². The van der Waals surface area contributed by atoms with Crippen molar-refractivity contribution in [1.29, 1.82) is 0 Å². The molecule has 2 N–H and O–H groups in total. The van der Waals surface area contributed by atoms with Gasteiger partial charge in [0.25, 0.3) is 0 Å². The van der Waals surface area contributed by atoms with Gasteiger partial charge in [-0.25, -0.2) is 0 Å². The van der Waals surface area contributed by atoms with Crippen LogP contribution in [-0.4, -0.2) is 10.2 Å². The standard InChI is InChI=1S/C22H30O2S/c1-13-17(21(3,4)5)9-15(23)11-19(13)25-20-12-16(24)10-18(14(20)2)22(6,7)8/h9-12,23-24H,1-8H3. The molecule has 0 saturated heterocycles. The summed E-state index contributed by atoms with van der Waals surface area (Å²) in [5.74, 6) is 0.568. The molecular weight excluding hydrogens is 328 g/mol. The van der Waals surface area contributed by atoms with Crippen LogP contribution in [0.15, 0.2) is 34.1 Å². The number of hydrogen-bond donors (Lipinski definition) is 2. The smallest absolute Gasteiger partial charge is 0.117 e. The Morgan fingerprint density at radius 2 is 0.960 bits per heavy atom. The average Bonchev–Trinajstić information content (AvgIpc) is 2.43. The molecule has 0 atom stereocenters. The second-order valence-corrected chi connectivity index (χ2v) is 9.92. The van der Waals surface area contributed by atoms with E-state index in [0.29, 0.717) is 0 Å². The van der Waals surface area contributed by atoms with E-state index in [1.54, 1.807) is 11.8 Å². The highest BCUT2D eigenvalue weighted by molar-refractivity contribution is 7.99. The highest BCUT2D eigenvalue weighted by Gasteiger charge is 2.22. The van der Waals surface area contributed by atoms with Gasteiger partial charge in [-0.05, 0) is 71.2 Å². The van der Waals surface area contributed by atoms with Gasteiger partial charge in [-0.2, -0.15) is 0 Å². The van der Waals surface area contributed by atoms with Crippen LogP contribution in [0.3, 0.4) is 0 Å². The fourth-order valence-electron chi connectivity index (χ4n) is 3.23. The molecular formula is C22H30O2S. The summed E-state index contributed by atoms with van der Waals surface area (Å²) in [7, 11) is 0. The molecule has 25 heavy (non-hydrogen) atoms. The lowest BCUT2D eigenvalue weighted by atomic mass is 9.84. The Morgan fingerprint density at radius 1 is 0.640 bits per heavy atom. The van der Waals surface area contributed by atoms with Crippen LogP contribution in [0.4, 0.5) is 0 Å². The maximum atomic E-state index is 10.2.